The number of anilines is 1. The van der Waals surface area contributed by atoms with Crippen LogP contribution in [0.25, 0.3) is 10.9 Å². The number of aryl methyl sites for hydroxylation is 2. The van der Waals surface area contributed by atoms with E-state index in [1.54, 1.807) is 6.20 Å². The predicted molar refractivity (Wildman–Crippen MR) is 118 cm³/mol. The third-order valence-electron chi connectivity index (χ3n) is 5.21. The fraction of sp³-hybridized carbons (Fsp3) is 0.474. The summed E-state index contributed by atoms with van der Waals surface area (Å²) < 4.78 is 24.4. The summed E-state index contributed by atoms with van der Waals surface area (Å²) >= 11 is 0. The molecule has 0 spiro atoms. The van der Waals surface area contributed by atoms with Gasteiger partial charge in [0, 0.05) is 44.3 Å². The van der Waals surface area contributed by atoms with Crippen molar-refractivity contribution in [3.63, 3.8) is 0 Å². The van der Waals surface area contributed by atoms with Gasteiger partial charge in [0.2, 0.25) is 0 Å². The second-order valence-corrected chi connectivity index (χ2v) is 8.59. The number of halogens is 1. The minimum Gasteiger partial charge on any atom is -0.369 e. The number of pyridine rings is 1. The Morgan fingerprint density at radius 3 is 2.62 bits per heavy atom. The number of aromatic nitrogens is 1. The Labute approximate surface area is 178 Å². The highest BCUT2D eigenvalue weighted by atomic mass is 35.5. The van der Waals surface area contributed by atoms with Crippen LogP contribution in [-0.2, 0) is 10.2 Å². The van der Waals surface area contributed by atoms with Gasteiger partial charge >= 0.3 is 0 Å². The van der Waals surface area contributed by atoms with Gasteiger partial charge in [-0.1, -0.05) is 0 Å². The van der Waals surface area contributed by atoms with Crippen LogP contribution in [0.4, 0.5) is 5.69 Å². The molecule has 0 saturated carbocycles. The molecule has 2 aromatic rings. The number of nitrogens with zero attached hydrogens (tertiary/aromatic N) is 4. The van der Waals surface area contributed by atoms with Crippen LogP contribution in [0.1, 0.15) is 23.1 Å². The third kappa shape index (κ3) is 5.78. The van der Waals surface area contributed by atoms with Gasteiger partial charge in [0.1, 0.15) is 6.07 Å². The number of nitrogens with one attached hydrogen (secondary N) is 1. The summed E-state index contributed by atoms with van der Waals surface area (Å²) in [7, 11) is -3.66. The van der Waals surface area contributed by atoms with E-state index < -0.39 is 10.2 Å². The van der Waals surface area contributed by atoms with Crippen LogP contribution in [0.15, 0.2) is 18.3 Å². The van der Waals surface area contributed by atoms with Gasteiger partial charge in [-0.15, -0.1) is 12.4 Å². The summed E-state index contributed by atoms with van der Waals surface area (Å²) in [6.07, 6.45) is 2.58. The molecule has 1 saturated heterocycles. The van der Waals surface area contributed by atoms with Crippen molar-refractivity contribution in [2.45, 2.75) is 20.3 Å². The van der Waals surface area contributed by atoms with E-state index >= 15 is 0 Å². The van der Waals surface area contributed by atoms with Crippen molar-refractivity contribution in [2.24, 2.45) is 5.14 Å². The fourth-order valence-electron chi connectivity index (χ4n) is 3.62. The molecule has 3 N–H and O–H groups in total. The monoisotopic (exact) mass is 438 g/mol. The lowest BCUT2D eigenvalue weighted by Gasteiger charge is -2.26. The van der Waals surface area contributed by atoms with Crippen LogP contribution in [0.2, 0.25) is 0 Å². The van der Waals surface area contributed by atoms with E-state index in [9.17, 15) is 13.7 Å². The average Bonchev–Trinajstić information content (AvgIpc) is 2.86. The highest BCUT2D eigenvalue weighted by Gasteiger charge is 2.20. The van der Waals surface area contributed by atoms with Crippen molar-refractivity contribution in [3.05, 3.63) is 35.0 Å². The maximum Gasteiger partial charge on any atom is 0.274 e. The molecule has 0 bridgehead atoms. The molecule has 2 heterocycles. The first-order chi connectivity index (χ1) is 13.3. The maximum absolute atomic E-state index is 11.0. The Balaban J connectivity index is 0.00000300. The lowest BCUT2D eigenvalue weighted by Crippen LogP contribution is -2.39. The Morgan fingerprint density at radius 2 is 1.93 bits per heavy atom. The summed E-state index contributed by atoms with van der Waals surface area (Å²) in [5, 5.41) is 15.6. The van der Waals surface area contributed by atoms with Crippen molar-refractivity contribution >= 4 is 39.2 Å². The van der Waals surface area contributed by atoms with Crippen molar-refractivity contribution in [1.29, 1.82) is 5.26 Å². The SMILES string of the molecule is Cc1cc2ncc(C#N)c(N3CCCN(CCNS(N)(=O)=O)CC3)c2cc1C.Cl. The molecule has 0 radical (unpaired) electrons. The van der Waals surface area contributed by atoms with E-state index in [0.29, 0.717) is 18.7 Å². The average molecular weight is 439 g/mol. The van der Waals surface area contributed by atoms with Gasteiger partial charge in [0.25, 0.3) is 10.2 Å². The molecule has 1 aliphatic heterocycles. The predicted octanol–water partition coefficient (Wildman–Crippen LogP) is 1.45. The molecular weight excluding hydrogens is 412 g/mol. The molecule has 0 amide bonds. The molecule has 8 nitrogen and oxygen atoms in total. The lowest BCUT2D eigenvalue weighted by atomic mass is 10.0. The second kappa shape index (κ2) is 9.69. The van der Waals surface area contributed by atoms with Crippen molar-refractivity contribution in [1.82, 2.24) is 14.6 Å². The largest absolute Gasteiger partial charge is 0.369 e. The molecule has 0 unspecified atom stereocenters. The van der Waals surface area contributed by atoms with Crippen LogP contribution in [-0.4, -0.2) is 57.6 Å². The smallest absolute Gasteiger partial charge is 0.274 e. The summed E-state index contributed by atoms with van der Waals surface area (Å²) in [5.41, 5.74) is 4.78. The van der Waals surface area contributed by atoms with Gasteiger partial charge in [0.05, 0.1) is 16.8 Å². The molecular formula is C19H27ClN6O2S. The highest BCUT2D eigenvalue weighted by Crippen LogP contribution is 2.31. The molecule has 1 aliphatic rings. The van der Waals surface area contributed by atoms with Gasteiger partial charge in [-0.3, -0.25) is 4.98 Å². The highest BCUT2D eigenvalue weighted by molar-refractivity contribution is 7.87. The molecule has 158 valence electrons. The quantitative estimate of drug-likeness (QED) is 0.729. The Morgan fingerprint density at radius 1 is 1.21 bits per heavy atom. The lowest BCUT2D eigenvalue weighted by molar-refractivity contribution is 0.298. The minimum absolute atomic E-state index is 0. The molecule has 10 heteroatoms. The number of hydrogen-bond acceptors (Lipinski definition) is 6. The normalized spacial score (nSPS) is 15.6. The zero-order chi connectivity index (χ0) is 20.3. The van der Waals surface area contributed by atoms with E-state index in [2.05, 4.69) is 51.6 Å². The molecule has 1 aromatic carbocycles. The number of hydrogen-bond donors (Lipinski definition) is 2. The molecule has 29 heavy (non-hydrogen) atoms. The Kier molecular flexibility index (Phi) is 7.80. The first-order valence-corrected chi connectivity index (χ1v) is 10.9. The second-order valence-electron chi connectivity index (χ2n) is 7.21. The van der Waals surface area contributed by atoms with Crippen LogP contribution in [0.3, 0.4) is 0 Å². The van der Waals surface area contributed by atoms with Gasteiger partial charge < -0.3 is 9.80 Å². The molecule has 0 atom stereocenters. The molecule has 0 aliphatic carbocycles. The van der Waals surface area contributed by atoms with Gasteiger partial charge in [-0.2, -0.15) is 13.7 Å². The number of rotatable bonds is 5. The van der Waals surface area contributed by atoms with E-state index in [4.69, 9.17) is 5.14 Å². The number of fused-ring (bicyclic) bond motifs is 1. The van der Waals surface area contributed by atoms with Crippen molar-refractivity contribution in [3.8, 4) is 6.07 Å². The van der Waals surface area contributed by atoms with Crippen molar-refractivity contribution in [2.75, 3.05) is 44.2 Å². The number of nitriles is 1. The maximum atomic E-state index is 11.0. The minimum atomic E-state index is -3.66. The van der Waals surface area contributed by atoms with E-state index in [1.807, 2.05) is 0 Å². The van der Waals surface area contributed by atoms with Crippen LogP contribution < -0.4 is 14.8 Å². The number of benzene rings is 1. The summed E-state index contributed by atoms with van der Waals surface area (Å²) in [4.78, 5) is 8.94. The summed E-state index contributed by atoms with van der Waals surface area (Å²) in [6, 6.07) is 6.48. The first-order valence-electron chi connectivity index (χ1n) is 9.33. The summed E-state index contributed by atoms with van der Waals surface area (Å²) in [5.74, 6) is 0. The zero-order valence-corrected chi connectivity index (χ0v) is 18.3. The van der Waals surface area contributed by atoms with Crippen LogP contribution in [0, 0.1) is 25.2 Å². The number of nitrogens with two attached hydrogens (primary N) is 1. The van der Waals surface area contributed by atoms with E-state index in [-0.39, 0.29) is 12.4 Å². The van der Waals surface area contributed by atoms with E-state index in [1.165, 1.54) is 11.1 Å². The van der Waals surface area contributed by atoms with Gasteiger partial charge in [-0.25, -0.2) is 9.86 Å². The summed E-state index contributed by atoms with van der Waals surface area (Å²) in [6.45, 7) is 8.27. The molecule has 1 aromatic heterocycles. The topological polar surface area (TPSA) is 115 Å². The Bertz CT molecular complexity index is 1020. The van der Waals surface area contributed by atoms with Gasteiger partial charge in [0.15, 0.2) is 0 Å². The fourth-order valence-corrected chi connectivity index (χ4v) is 4.00. The standard InChI is InChI=1S/C19H26N6O2S.ClH/c1-14-10-17-18(11-15(14)2)22-13-16(12-20)19(17)25-6-3-5-24(8-9-25)7-4-23-28(21,26)27;/h10-11,13,23H,3-9H2,1-2H3,(H2,21,26,27);1H. The van der Waals surface area contributed by atoms with Crippen LogP contribution in [0.5, 0.6) is 0 Å². The van der Waals surface area contributed by atoms with Gasteiger partial charge in [-0.05, 0) is 50.1 Å². The third-order valence-corrected chi connectivity index (χ3v) is 5.82. The molecule has 1 fully saturated rings. The molecule has 3 rings (SSSR count). The first kappa shape index (κ1) is 23.3. The Hall–Kier alpha value is -1.96. The zero-order valence-electron chi connectivity index (χ0n) is 16.7. The van der Waals surface area contributed by atoms with Crippen LogP contribution >= 0.6 is 12.4 Å². The van der Waals surface area contributed by atoms with E-state index in [0.717, 1.165) is 49.2 Å². The van der Waals surface area contributed by atoms with Crippen molar-refractivity contribution < 1.29 is 8.42 Å².